The third kappa shape index (κ3) is 1.89. The zero-order chi connectivity index (χ0) is 19.5. The SMILES string of the molecule is CC1(C)[C@H](O)C[C@@H]2[C@@](C)(O)[C@H]3CC[C@H]4[C@H](O)[C@]3(C[C@@H](O)[C@]21O)C[C@@]4(C)O. The lowest BCUT2D eigenvalue weighted by atomic mass is 9.57. The summed E-state index contributed by atoms with van der Waals surface area (Å²) in [6, 6.07) is 0. The lowest BCUT2D eigenvalue weighted by Crippen LogP contribution is -2.60. The summed E-state index contributed by atoms with van der Waals surface area (Å²) in [5.74, 6) is -1.34. The van der Waals surface area contributed by atoms with E-state index < -0.39 is 51.9 Å². The highest BCUT2D eigenvalue weighted by atomic mass is 16.4. The maximum absolute atomic E-state index is 11.7. The highest BCUT2D eigenvalue weighted by Gasteiger charge is 2.76. The van der Waals surface area contributed by atoms with E-state index in [1.54, 1.807) is 27.7 Å². The van der Waals surface area contributed by atoms with Gasteiger partial charge < -0.3 is 30.6 Å². The van der Waals surface area contributed by atoms with Crippen LogP contribution in [0.2, 0.25) is 0 Å². The van der Waals surface area contributed by atoms with Crippen LogP contribution in [0.15, 0.2) is 0 Å². The summed E-state index contributed by atoms with van der Waals surface area (Å²) in [5, 5.41) is 67.1. The third-order valence-corrected chi connectivity index (χ3v) is 9.26. The van der Waals surface area contributed by atoms with Crippen LogP contribution < -0.4 is 0 Å². The first-order valence-corrected chi connectivity index (χ1v) is 9.94. The van der Waals surface area contributed by atoms with E-state index in [9.17, 15) is 30.6 Å². The largest absolute Gasteiger partial charge is 0.392 e. The smallest absolute Gasteiger partial charge is 0.104 e. The Balaban J connectivity index is 1.89. The predicted octanol–water partition coefficient (Wildman–Crippen LogP) is 0.168. The van der Waals surface area contributed by atoms with Crippen LogP contribution in [0.3, 0.4) is 0 Å². The van der Waals surface area contributed by atoms with Gasteiger partial charge in [-0.2, -0.15) is 0 Å². The molecule has 0 saturated heterocycles. The van der Waals surface area contributed by atoms with Crippen LogP contribution in [0.25, 0.3) is 0 Å². The standard InChI is InChI=1S/C20H34O6/c1-16(2)13(21)7-12-18(4,25)11-6-5-10-15(23)19(11,9-17(10,3)24)8-14(22)20(12,16)26/h10-15,21-26H,5-9H2,1-4H3/t10-,11+,12+,13+,14+,15-,17+,18-,19+,20+/m0/s1. The zero-order valence-electron chi connectivity index (χ0n) is 16.2. The summed E-state index contributed by atoms with van der Waals surface area (Å²) in [6.07, 6.45) is -1.01. The number of fused-ring (bicyclic) bond motifs is 2. The second-order valence-corrected chi connectivity index (χ2v) is 10.7. The fraction of sp³-hybridized carbons (Fsp3) is 1.00. The van der Waals surface area contributed by atoms with Gasteiger partial charge in [-0.25, -0.2) is 0 Å². The average Bonchev–Trinajstić information content (AvgIpc) is 2.72. The van der Waals surface area contributed by atoms with Crippen LogP contribution in [0.4, 0.5) is 0 Å². The maximum atomic E-state index is 11.7. The van der Waals surface area contributed by atoms with Gasteiger partial charge in [-0.3, -0.25) is 0 Å². The Hall–Kier alpha value is -0.240. The van der Waals surface area contributed by atoms with E-state index in [1.807, 2.05) is 0 Å². The molecular formula is C20H34O6. The van der Waals surface area contributed by atoms with Crippen LogP contribution in [0.5, 0.6) is 0 Å². The van der Waals surface area contributed by atoms with Gasteiger partial charge in [0.25, 0.3) is 0 Å². The molecule has 0 aliphatic heterocycles. The Kier molecular flexibility index (Phi) is 3.69. The minimum atomic E-state index is -1.66. The molecule has 6 nitrogen and oxygen atoms in total. The van der Waals surface area contributed by atoms with Crippen LogP contribution in [-0.2, 0) is 0 Å². The molecule has 0 radical (unpaired) electrons. The Morgan fingerprint density at radius 3 is 2.04 bits per heavy atom. The number of aliphatic hydroxyl groups is 6. The van der Waals surface area contributed by atoms with E-state index in [0.29, 0.717) is 19.3 Å². The number of aliphatic hydroxyl groups excluding tert-OH is 3. The fourth-order valence-electron chi connectivity index (χ4n) is 7.80. The van der Waals surface area contributed by atoms with Crippen molar-refractivity contribution in [3.05, 3.63) is 0 Å². The molecule has 4 aliphatic carbocycles. The monoisotopic (exact) mass is 370 g/mol. The summed E-state index contributed by atoms with van der Waals surface area (Å²) in [4.78, 5) is 0. The highest BCUT2D eigenvalue weighted by Crippen LogP contribution is 2.69. The molecule has 0 unspecified atom stereocenters. The van der Waals surface area contributed by atoms with Crippen molar-refractivity contribution in [3.8, 4) is 0 Å². The minimum Gasteiger partial charge on any atom is -0.392 e. The second kappa shape index (κ2) is 5.02. The maximum Gasteiger partial charge on any atom is 0.104 e. The molecular weight excluding hydrogens is 336 g/mol. The van der Waals surface area contributed by atoms with Crippen molar-refractivity contribution < 1.29 is 30.6 Å². The zero-order valence-corrected chi connectivity index (χ0v) is 16.2. The van der Waals surface area contributed by atoms with Gasteiger partial charge in [0.2, 0.25) is 0 Å². The molecule has 150 valence electrons. The van der Waals surface area contributed by atoms with E-state index in [-0.39, 0.29) is 24.7 Å². The first kappa shape index (κ1) is 19.1. The summed E-state index contributed by atoms with van der Waals surface area (Å²) in [7, 11) is 0. The molecule has 0 aromatic rings. The van der Waals surface area contributed by atoms with Gasteiger partial charge in [0.05, 0.1) is 29.5 Å². The van der Waals surface area contributed by atoms with Gasteiger partial charge in [-0.05, 0) is 51.9 Å². The highest BCUT2D eigenvalue weighted by molar-refractivity contribution is 5.25. The minimum absolute atomic E-state index is 0.116. The van der Waals surface area contributed by atoms with E-state index >= 15 is 0 Å². The quantitative estimate of drug-likeness (QED) is 0.361. The first-order chi connectivity index (χ1) is 11.7. The Labute approximate surface area is 154 Å². The predicted molar refractivity (Wildman–Crippen MR) is 94.0 cm³/mol. The second-order valence-electron chi connectivity index (χ2n) is 10.7. The lowest BCUT2D eigenvalue weighted by molar-refractivity contribution is -0.201. The molecule has 6 heteroatoms. The van der Waals surface area contributed by atoms with Crippen LogP contribution in [0, 0.1) is 28.6 Å². The molecule has 0 aromatic carbocycles. The van der Waals surface area contributed by atoms with Gasteiger partial charge in [-0.15, -0.1) is 0 Å². The third-order valence-electron chi connectivity index (χ3n) is 9.26. The Morgan fingerprint density at radius 1 is 0.808 bits per heavy atom. The van der Waals surface area contributed by atoms with Gasteiger partial charge in [0.1, 0.15) is 5.60 Å². The molecule has 1 spiro atoms. The number of hydrogen-bond acceptors (Lipinski definition) is 6. The number of hydrogen-bond donors (Lipinski definition) is 6. The van der Waals surface area contributed by atoms with E-state index in [2.05, 4.69) is 0 Å². The first-order valence-electron chi connectivity index (χ1n) is 9.94. The molecule has 26 heavy (non-hydrogen) atoms. The molecule has 4 rings (SSSR count). The molecule has 10 atom stereocenters. The molecule has 4 saturated carbocycles. The van der Waals surface area contributed by atoms with Crippen LogP contribution in [-0.4, -0.2) is 65.8 Å². The van der Waals surface area contributed by atoms with Crippen molar-refractivity contribution in [2.75, 3.05) is 0 Å². The average molecular weight is 370 g/mol. The van der Waals surface area contributed by atoms with Gasteiger partial charge in [0, 0.05) is 22.7 Å². The summed E-state index contributed by atoms with van der Waals surface area (Å²) in [6.45, 7) is 6.87. The molecule has 2 bridgehead atoms. The van der Waals surface area contributed by atoms with Crippen LogP contribution in [0.1, 0.15) is 59.8 Å². The normalized spacial score (nSPS) is 63.9. The van der Waals surface area contributed by atoms with Crippen molar-refractivity contribution in [3.63, 3.8) is 0 Å². The number of rotatable bonds is 0. The topological polar surface area (TPSA) is 121 Å². The van der Waals surface area contributed by atoms with Gasteiger partial charge in [0.15, 0.2) is 0 Å². The van der Waals surface area contributed by atoms with Crippen LogP contribution >= 0.6 is 0 Å². The molecule has 4 fully saturated rings. The molecule has 6 N–H and O–H groups in total. The van der Waals surface area contributed by atoms with Gasteiger partial charge >= 0.3 is 0 Å². The van der Waals surface area contributed by atoms with Crippen molar-refractivity contribution in [1.29, 1.82) is 0 Å². The van der Waals surface area contributed by atoms with Crippen molar-refractivity contribution in [1.82, 2.24) is 0 Å². The molecule has 4 aliphatic rings. The van der Waals surface area contributed by atoms with E-state index in [0.717, 1.165) is 0 Å². The van der Waals surface area contributed by atoms with Crippen molar-refractivity contribution >= 4 is 0 Å². The fourth-order valence-corrected chi connectivity index (χ4v) is 7.80. The summed E-state index contributed by atoms with van der Waals surface area (Å²) < 4.78 is 0. The molecule has 0 aromatic heterocycles. The van der Waals surface area contributed by atoms with E-state index in [1.165, 1.54) is 0 Å². The Morgan fingerprint density at radius 2 is 1.42 bits per heavy atom. The summed E-state index contributed by atoms with van der Waals surface area (Å²) in [5.41, 5.74) is -5.91. The molecule has 0 heterocycles. The van der Waals surface area contributed by atoms with E-state index in [4.69, 9.17) is 0 Å². The summed E-state index contributed by atoms with van der Waals surface area (Å²) >= 11 is 0. The van der Waals surface area contributed by atoms with Crippen molar-refractivity contribution in [2.45, 2.75) is 94.9 Å². The van der Waals surface area contributed by atoms with Gasteiger partial charge in [-0.1, -0.05) is 13.8 Å². The van der Waals surface area contributed by atoms with Crippen molar-refractivity contribution in [2.24, 2.45) is 28.6 Å². The lowest BCUT2D eigenvalue weighted by Gasteiger charge is -2.51. The molecule has 0 amide bonds. The Bertz CT molecular complexity index is 615.